The van der Waals surface area contributed by atoms with Gasteiger partial charge in [0.2, 0.25) is 5.91 Å². The van der Waals surface area contributed by atoms with Crippen molar-refractivity contribution >= 4 is 23.1 Å². The summed E-state index contributed by atoms with van der Waals surface area (Å²) in [6, 6.07) is 7.59. The lowest BCUT2D eigenvalue weighted by Crippen LogP contribution is -2.34. The molecule has 1 aliphatic carbocycles. The summed E-state index contributed by atoms with van der Waals surface area (Å²) in [6.45, 7) is 3.07. The molecule has 5 heteroatoms. The molecule has 26 heavy (non-hydrogen) atoms. The van der Waals surface area contributed by atoms with Gasteiger partial charge in [-0.15, -0.1) is 0 Å². The van der Waals surface area contributed by atoms with E-state index in [-0.39, 0.29) is 11.3 Å². The molecule has 4 nitrogen and oxygen atoms in total. The van der Waals surface area contributed by atoms with Crippen LogP contribution in [0.2, 0.25) is 5.02 Å². The van der Waals surface area contributed by atoms with E-state index >= 15 is 0 Å². The Bertz CT molecular complexity index is 964. The van der Waals surface area contributed by atoms with Gasteiger partial charge < -0.3 is 9.88 Å². The quantitative estimate of drug-likeness (QED) is 0.772. The number of fused-ring (bicyclic) bond motifs is 2. The van der Waals surface area contributed by atoms with E-state index in [0.717, 1.165) is 59.8 Å². The van der Waals surface area contributed by atoms with Gasteiger partial charge in [0.15, 0.2) is 5.43 Å². The Labute approximate surface area is 157 Å². The Morgan fingerprint density at radius 3 is 2.62 bits per heavy atom. The number of H-pyrrole nitrogens is 1. The maximum absolute atomic E-state index is 12.5. The summed E-state index contributed by atoms with van der Waals surface area (Å²) in [4.78, 5) is 29.4. The number of pyridine rings is 1. The molecule has 134 valence electrons. The minimum absolute atomic E-state index is 0.0805. The lowest BCUT2D eigenvalue weighted by molar-refractivity contribution is -0.129. The highest BCUT2D eigenvalue weighted by atomic mass is 35.5. The van der Waals surface area contributed by atoms with E-state index in [2.05, 4.69) is 11.1 Å². The molecular weight excluding hydrogens is 348 g/mol. The first-order valence-corrected chi connectivity index (χ1v) is 9.39. The van der Waals surface area contributed by atoms with Crippen LogP contribution in [-0.2, 0) is 17.6 Å². The number of aromatic nitrogens is 1. The predicted octanol–water partition coefficient (Wildman–Crippen LogP) is 3.57. The average molecular weight is 369 g/mol. The van der Waals surface area contributed by atoms with Crippen LogP contribution in [0.4, 0.5) is 0 Å². The maximum Gasteiger partial charge on any atom is 0.219 e. The van der Waals surface area contributed by atoms with E-state index in [0.29, 0.717) is 6.42 Å². The highest BCUT2D eigenvalue weighted by Crippen LogP contribution is 2.37. The second-order valence-electron chi connectivity index (χ2n) is 6.98. The van der Waals surface area contributed by atoms with Crippen LogP contribution < -0.4 is 5.43 Å². The van der Waals surface area contributed by atoms with Gasteiger partial charge in [-0.25, -0.2) is 0 Å². The maximum atomic E-state index is 12.5. The van der Waals surface area contributed by atoms with Crippen molar-refractivity contribution in [3.8, 4) is 0 Å². The predicted molar refractivity (Wildman–Crippen MR) is 103 cm³/mol. The van der Waals surface area contributed by atoms with E-state index in [4.69, 9.17) is 11.6 Å². The van der Waals surface area contributed by atoms with Crippen LogP contribution in [0.3, 0.4) is 0 Å². The molecule has 0 unspecified atom stereocenters. The van der Waals surface area contributed by atoms with Crippen LogP contribution in [0.15, 0.2) is 40.8 Å². The third-order valence-electron chi connectivity index (χ3n) is 5.46. The standard InChI is InChI=1S/C21H21ClN2O2/c1-13(25)24-10-7-14(8-11-24)20-17-5-3-16(22)12-15(17)2-4-18-19(26)6-9-23-21(18)20/h3,5-6,9,12H,2,4,7-8,10-11H2,1H3,(H,23,26). The number of amides is 1. The zero-order valence-corrected chi connectivity index (χ0v) is 15.5. The average Bonchev–Trinajstić information content (AvgIpc) is 2.79. The number of carbonyl (C=O) groups is 1. The summed E-state index contributed by atoms with van der Waals surface area (Å²) in [5, 5.41) is 0.719. The smallest absolute Gasteiger partial charge is 0.219 e. The van der Waals surface area contributed by atoms with Crippen LogP contribution in [0.1, 0.15) is 42.1 Å². The molecule has 1 amide bonds. The molecule has 1 aromatic heterocycles. The van der Waals surface area contributed by atoms with Gasteiger partial charge in [-0.1, -0.05) is 23.2 Å². The molecule has 1 fully saturated rings. The molecule has 1 N–H and O–H groups in total. The SMILES string of the molecule is CC(=O)N1CCC(=C2c3ccc(Cl)cc3CCc3c2[nH]ccc3=O)CC1. The number of aryl methyl sites for hydroxylation is 1. The minimum Gasteiger partial charge on any atom is -0.361 e. The van der Waals surface area contributed by atoms with Crippen molar-refractivity contribution < 1.29 is 4.79 Å². The Hall–Kier alpha value is -2.33. The zero-order chi connectivity index (χ0) is 18.3. The molecule has 2 aromatic rings. The van der Waals surface area contributed by atoms with Gasteiger partial charge in [0, 0.05) is 48.4 Å². The molecular formula is C21H21ClN2O2. The fourth-order valence-electron chi connectivity index (χ4n) is 4.10. The fourth-order valence-corrected chi connectivity index (χ4v) is 4.29. The summed E-state index contributed by atoms with van der Waals surface area (Å²) in [7, 11) is 0. The summed E-state index contributed by atoms with van der Waals surface area (Å²) in [6.07, 6.45) is 4.88. The molecule has 0 radical (unpaired) electrons. The number of piperidine rings is 1. The van der Waals surface area contributed by atoms with E-state index in [1.54, 1.807) is 19.2 Å². The molecule has 0 spiro atoms. The first-order valence-electron chi connectivity index (χ1n) is 9.02. The first kappa shape index (κ1) is 17.1. The van der Waals surface area contributed by atoms with Gasteiger partial charge in [0.05, 0.1) is 5.69 Å². The van der Waals surface area contributed by atoms with Gasteiger partial charge in [0.1, 0.15) is 0 Å². The zero-order valence-electron chi connectivity index (χ0n) is 14.8. The van der Waals surface area contributed by atoms with Crippen LogP contribution in [0.5, 0.6) is 0 Å². The van der Waals surface area contributed by atoms with Crippen molar-refractivity contribution in [2.75, 3.05) is 13.1 Å². The van der Waals surface area contributed by atoms with Gasteiger partial charge in [-0.2, -0.15) is 0 Å². The molecule has 0 saturated carbocycles. The number of hydrogen-bond donors (Lipinski definition) is 1. The second kappa shape index (κ2) is 6.76. The first-order chi connectivity index (χ1) is 12.5. The Balaban J connectivity index is 1.90. The molecule has 1 aromatic carbocycles. The summed E-state index contributed by atoms with van der Waals surface area (Å²) in [5.74, 6) is 0.121. The van der Waals surface area contributed by atoms with Gasteiger partial charge in [0.25, 0.3) is 0 Å². The van der Waals surface area contributed by atoms with Crippen LogP contribution >= 0.6 is 11.6 Å². The fraction of sp³-hybridized carbons (Fsp3) is 0.333. The number of rotatable bonds is 0. The number of nitrogens with one attached hydrogen (secondary N) is 1. The molecule has 2 aliphatic rings. The summed E-state index contributed by atoms with van der Waals surface area (Å²) in [5.41, 5.74) is 6.62. The highest BCUT2D eigenvalue weighted by molar-refractivity contribution is 6.30. The van der Waals surface area contributed by atoms with Crippen molar-refractivity contribution in [2.24, 2.45) is 0 Å². The Morgan fingerprint density at radius 2 is 1.88 bits per heavy atom. The molecule has 1 aliphatic heterocycles. The van der Waals surface area contributed by atoms with E-state index in [1.807, 2.05) is 17.0 Å². The molecule has 4 rings (SSSR count). The van der Waals surface area contributed by atoms with Gasteiger partial charge in [-0.05, 0) is 48.9 Å². The molecule has 1 saturated heterocycles. The number of carbonyl (C=O) groups excluding carboxylic acids is 1. The third-order valence-corrected chi connectivity index (χ3v) is 5.69. The summed E-state index contributed by atoms with van der Waals surface area (Å²) >= 11 is 6.23. The number of likely N-dealkylation sites (tertiary alicyclic amines) is 1. The van der Waals surface area contributed by atoms with Crippen molar-refractivity contribution in [1.29, 1.82) is 0 Å². The topological polar surface area (TPSA) is 53.2 Å². The van der Waals surface area contributed by atoms with Crippen molar-refractivity contribution in [2.45, 2.75) is 32.6 Å². The number of halogens is 1. The second-order valence-corrected chi connectivity index (χ2v) is 7.42. The number of benzene rings is 1. The molecule has 0 atom stereocenters. The van der Waals surface area contributed by atoms with Gasteiger partial charge >= 0.3 is 0 Å². The monoisotopic (exact) mass is 368 g/mol. The number of aromatic amines is 1. The van der Waals surface area contributed by atoms with Gasteiger partial charge in [-0.3, -0.25) is 9.59 Å². The van der Waals surface area contributed by atoms with E-state index < -0.39 is 0 Å². The molecule has 2 heterocycles. The summed E-state index contributed by atoms with van der Waals surface area (Å²) < 4.78 is 0. The number of hydrogen-bond acceptors (Lipinski definition) is 2. The van der Waals surface area contributed by atoms with Crippen LogP contribution in [0, 0.1) is 0 Å². The minimum atomic E-state index is 0.0805. The Morgan fingerprint density at radius 1 is 1.12 bits per heavy atom. The Kier molecular flexibility index (Phi) is 4.45. The lowest BCUT2D eigenvalue weighted by atomic mass is 9.88. The van der Waals surface area contributed by atoms with Crippen molar-refractivity contribution in [3.63, 3.8) is 0 Å². The molecule has 0 bridgehead atoms. The van der Waals surface area contributed by atoms with Crippen LogP contribution in [-0.4, -0.2) is 28.9 Å². The normalized spacial score (nSPS) is 16.8. The lowest BCUT2D eigenvalue weighted by Gasteiger charge is -2.29. The van der Waals surface area contributed by atoms with Crippen LogP contribution in [0.25, 0.3) is 5.57 Å². The number of nitrogens with zero attached hydrogens (tertiary/aromatic N) is 1. The third kappa shape index (κ3) is 2.99. The van der Waals surface area contributed by atoms with E-state index in [1.165, 1.54) is 11.1 Å². The largest absolute Gasteiger partial charge is 0.361 e. The van der Waals surface area contributed by atoms with E-state index in [9.17, 15) is 9.59 Å². The van der Waals surface area contributed by atoms with Crippen molar-refractivity contribution in [3.05, 3.63) is 73.7 Å². The van der Waals surface area contributed by atoms with Crippen molar-refractivity contribution in [1.82, 2.24) is 9.88 Å². The highest BCUT2D eigenvalue weighted by Gasteiger charge is 2.26.